The van der Waals surface area contributed by atoms with Crippen molar-refractivity contribution in [2.45, 2.75) is 45.7 Å². The maximum atomic E-state index is 13.1. The predicted octanol–water partition coefficient (Wildman–Crippen LogP) is 3.59. The third-order valence-corrected chi connectivity index (χ3v) is 4.78. The van der Waals surface area contributed by atoms with Gasteiger partial charge in [0.2, 0.25) is 0 Å². The third kappa shape index (κ3) is 2.90. The molecular formula is C19H25N3O2. The van der Waals surface area contributed by atoms with Gasteiger partial charge in [-0.25, -0.2) is 0 Å². The number of carbonyl (C=O) groups is 1. The molecule has 1 atom stereocenters. The van der Waals surface area contributed by atoms with Crippen molar-refractivity contribution in [1.82, 2.24) is 14.7 Å². The fraction of sp³-hybridized carbons (Fsp3) is 0.474. The highest BCUT2D eigenvalue weighted by molar-refractivity contribution is 5.95. The minimum atomic E-state index is 0.0718. The van der Waals surface area contributed by atoms with Gasteiger partial charge >= 0.3 is 0 Å². The van der Waals surface area contributed by atoms with Gasteiger partial charge in [-0.05, 0) is 32.3 Å². The monoisotopic (exact) mass is 327 g/mol. The number of hydrogen-bond acceptors (Lipinski definition) is 3. The molecule has 1 aromatic heterocycles. The van der Waals surface area contributed by atoms with Crippen LogP contribution in [0.1, 0.15) is 53.8 Å². The number of amides is 1. The average Bonchev–Trinajstić information content (AvgIpc) is 3.22. The Kier molecular flexibility index (Phi) is 4.88. The summed E-state index contributed by atoms with van der Waals surface area (Å²) in [6, 6.07) is 8.05. The Hall–Kier alpha value is -2.30. The summed E-state index contributed by atoms with van der Waals surface area (Å²) in [5.41, 5.74) is 2.75. The molecule has 5 heteroatoms. The first-order valence-electron chi connectivity index (χ1n) is 8.63. The number of rotatable bonds is 5. The van der Waals surface area contributed by atoms with E-state index in [0.29, 0.717) is 5.56 Å². The molecule has 1 aliphatic rings. The molecule has 1 fully saturated rings. The highest BCUT2D eigenvalue weighted by Gasteiger charge is 2.33. The second-order valence-electron chi connectivity index (χ2n) is 6.27. The number of para-hydroxylation sites is 1. The van der Waals surface area contributed by atoms with E-state index in [1.165, 1.54) is 0 Å². The van der Waals surface area contributed by atoms with Gasteiger partial charge in [0.15, 0.2) is 0 Å². The summed E-state index contributed by atoms with van der Waals surface area (Å²) < 4.78 is 7.41. The normalized spacial score (nSPS) is 17.3. The molecule has 0 unspecified atom stereocenters. The quantitative estimate of drug-likeness (QED) is 0.843. The molecule has 1 aromatic carbocycles. The van der Waals surface area contributed by atoms with E-state index in [0.717, 1.165) is 49.4 Å². The van der Waals surface area contributed by atoms with Gasteiger partial charge in [-0.15, -0.1) is 0 Å². The van der Waals surface area contributed by atoms with Crippen molar-refractivity contribution in [1.29, 1.82) is 0 Å². The molecule has 2 aromatic rings. The van der Waals surface area contributed by atoms with E-state index in [-0.39, 0.29) is 11.9 Å². The number of carbonyl (C=O) groups excluding carboxylic acids is 1. The maximum absolute atomic E-state index is 13.1. The van der Waals surface area contributed by atoms with Crippen LogP contribution < -0.4 is 4.74 Å². The number of aromatic nitrogens is 2. The summed E-state index contributed by atoms with van der Waals surface area (Å²) in [6.07, 6.45) is 4.69. The van der Waals surface area contributed by atoms with Crippen molar-refractivity contribution in [3.05, 3.63) is 47.3 Å². The lowest BCUT2D eigenvalue weighted by Gasteiger charge is -2.26. The predicted molar refractivity (Wildman–Crippen MR) is 93.3 cm³/mol. The Balaban J connectivity index is 1.89. The van der Waals surface area contributed by atoms with Crippen LogP contribution in [0.25, 0.3) is 0 Å². The van der Waals surface area contributed by atoms with Crippen LogP contribution >= 0.6 is 0 Å². The molecule has 5 nitrogen and oxygen atoms in total. The van der Waals surface area contributed by atoms with Gasteiger partial charge in [0.25, 0.3) is 5.91 Å². The van der Waals surface area contributed by atoms with E-state index in [4.69, 9.17) is 4.74 Å². The molecule has 0 radical (unpaired) electrons. The van der Waals surface area contributed by atoms with Crippen LogP contribution in [-0.2, 0) is 6.54 Å². The van der Waals surface area contributed by atoms with Crippen LogP contribution in [-0.4, -0.2) is 34.2 Å². The van der Waals surface area contributed by atoms with Crippen LogP contribution in [0.3, 0.4) is 0 Å². The zero-order chi connectivity index (χ0) is 17.1. The van der Waals surface area contributed by atoms with Crippen LogP contribution in [0, 0.1) is 6.92 Å². The Bertz CT molecular complexity index is 723. The number of aryl methyl sites for hydroxylation is 1. The van der Waals surface area contributed by atoms with E-state index in [1.54, 1.807) is 13.3 Å². The van der Waals surface area contributed by atoms with Gasteiger partial charge in [0.1, 0.15) is 5.75 Å². The number of ether oxygens (including phenoxy) is 1. The maximum Gasteiger partial charge on any atom is 0.257 e. The van der Waals surface area contributed by atoms with Gasteiger partial charge in [0, 0.05) is 24.3 Å². The second kappa shape index (κ2) is 7.07. The van der Waals surface area contributed by atoms with Crippen LogP contribution in [0.5, 0.6) is 5.75 Å². The molecule has 0 aliphatic carbocycles. The van der Waals surface area contributed by atoms with Crippen LogP contribution in [0.4, 0.5) is 0 Å². The molecule has 128 valence electrons. The lowest BCUT2D eigenvalue weighted by atomic mass is 10.0. The average molecular weight is 327 g/mol. The van der Waals surface area contributed by atoms with Gasteiger partial charge < -0.3 is 9.64 Å². The van der Waals surface area contributed by atoms with E-state index in [2.05, 4.69) is 18.1 Å². The van der Waals surface area contributed by atoms with Gasteiger partial charge in [-0.2, -0.15) is 5.10 Å². The molecule has 0 saturated carbocycles. The first-order valence-corrected chi connectivity index (χ1v) is 8.63. The Morgan fingerprint density at radius 1 is 1.38 bits per heavy atom. The van der Waals surface area contributed by atoms with Crippen molar-refractivity contribution < 1.29 is 9.53 Å². The fourth-order valence-electron chi connectivity index (χ4n) is 3.52. The first-order chi connectivity index (χ1) is 11.7. The number of nitrogens with zero attached hydrogens (tertiary/aromatic N) is 3. The van der Waals surface area contributed by atoms with Crippen molar-refractivity contribution >= 4 is 5.91 Å². The van der Waals surface area contributed by atoms with Gasteiger partial charge in [0.05, 0.1) is 24.9 Å². The van der Waals surface area contributed by atoms with Crippen molar-refractivity contribution in [3.8, 4) is 5.75 Å². The highest BCUT2D eigenvalue weighted by Crippen LogP contribution is 2.37. The van der Waals surface area contributed by atoms with Gasteiger partial charge in [-0.3, -0.25) is 9.48 Å². The zero-order valence-electron chi connectivity index (χ0n) is 14.7. The summed E-state index contributed by atoms with van der Waals surface area (Å²) in [7, 11) is 1.68. The highest BCUT2D eigenvalue weighted by atomic mass is 16.5. The molecule has 1 amide bonds. The summed E-state index contributed by atoms with van der Waals surface area (Å²) in [5.74, 6) is 0.920. The molecule has 0 N–H and O–H groups in total. The van der Waals surface area contributed by atoms with E-state index in [9.17, 15) is 4.79 Å². The minimum Gasteiger partial charge on any atom is -0.496 e. The van der Waals surface area contributed by atoms with Crippen molar-refractivity contribution in [2.24, 2.45) is 0 Å². The SMILES string of the molecule is CCCn1ncc(C(=O)N2CCC[C@H]2c2ccccc2OC)c1C. The molecular weight excluding hydrogens is 302 g/mol. The minimum absolute atomic E-state index is 0.0718. The van der Waals surface area contributed by atoms with Gasteiger partial charge in [-0.1, -0.05) is 25.1 Å². The number of hydrogen-bond donors (Lipinski definition) is 0. The van der Waals surface area contributed by atoms with E-state index in [1.807, 2.05) is 34.7 Å². The second-order valence-corrected chi connectivity index (χ2v) is 6.27. The standard InChI is InChI=1S/C19H25N3O2/c1-4-11-22-14(2)16(13-20-22)19(23)21-12-7-9-17(21)15-8-5-6-10-18(15)24-3/h5-6,8,10,13,17H,4,7,9,11-12H2,1-3H3/t17-/m0/s1. The molecule has 0 bridgehead atoms. The Morgan fingerprint density at radius 3 is 2.92 bits per heavy atom. The third-order valence-electron chi connectivity index (χ3n) is 4.78. The molecule has 1 saturated heterocycles. The Morgan fingerprint density at radius 2 is 2.17 bits per heavy atom. The summed E-state index contributed by atoms with van der Waals surface area (Å²) in [4.78, 5) is 15.1. The van der Waals surface area contributed by atoms with Crippen molar-refractivity contribution in [3.63, 3.8) is 0 Å². The van der Waals surface area contributed by atoms with E-state index >= 15 is 0 Å². The number of methoxy groups -OCH3 is 1. The Labute approximate surface area is 143 Å². The first kappa shape index (κ1) is 16.6. The largest absolute Gasteiger partial charge is 0.496 e. The smallest absolute Gasteiger partial charge is 0.257 e. The molecule has 24 heavy (non-hydrogen) atoms. The summed E-state index contributed by atoms with van der Waals surface area (Å²) in [5, 5.41) is 4.37. The summed E-state index contributed by atoms with van der Waals surface area (Å²) in [6.45, 7) is 5.71. The zero-order valence-corrected chi connectivity index (χ0v) is 14.7. The molecule has 3 rings (SSSR count). The topological polar surface area (TPSA) is 47.4 Å². The lowest BCUT2D eigenvalue weighted by Crippen LogP contribution is -2.31. The number of likely N-dealkylation sites (tertiary alicyclic amines) is 1. The van der Waals surface area contributed by atoms with Crippen molar-refractivity contribution in [2.75, 3.05) is 13.7 Å². The lowest BCUT2D eigenvalue weighted by molar-refractivity contribution is 0.0733. The van der Waals surface area contributed by atoms with Crippen LogP contribution in [0.2, 0.25) is 0 Å². The summed E-state index contributed by atoms with van der Waals surface area (Å²) >= 11 is 0. The van der Waals surface area contributed by atoms with Crippen LogP contribution in [0.15, 0.2) is 30.5 Å². The molecule has 1 aliphatic heterocycles. The number of benzene rings is 1. The molecule has 2 heterocycles. The van der Waals surface area contributed by atoms with E-state index < -0.39 is 0 Å². The fourth-order valence-corrected chi connectivity index (χ4v) is 3.52. The molecule has 0 spiro atoms.